The molecule has 1 aliphatic rings. The van der Waals surface area contributed by atoms with E-state index in [0.29, 0.717) is 12.1 Å². The lowest BCUT2D eigenvalue weighted by Crippen LogP contribution is -2.45. The van der Waals surface area contributed by atoms with Gasteiger partial charge >= 0.3 is 0 Å². The first kappa shape index (κ1) is 13.9. The number of hydrogen-bond donors (Lipinski definition) is 1. The average Bonchev–Trinajstić information content (AvgIpc) is 2.58. The normalized spacial score (nSPS) is 26.2. The molecular weight excluding hydrogens is 198 g/mol. The second-order valence-corrected chi connectivity index (χ2v) is 5.72. The number of nitrogens with zero attached hydrogens (tertiary/aromatic N) is 2. The van der Waals surface area contributed by atoms with Crippen molar-refractivity contribution in [2.45, 2.75) is 39.3 Å². The van der Waals surface area contributed by atoms with Crippen LogP contribution in [0.2, 0.25) is 0 Å². The Kier molecular flexibility index (Phi) is 5.73. The van der Waals surface area contributed by atoms with Gasteiger partial charge < -0.3 is 10.2 Å². The van der Waals surface area contributed by atoms with Gasteiger partial charge in [-0.2, -0.15) is 0 Å². The summed E-state index contributed by atoms with van der Waals surface area (Å²) in [6.45, 7) is 11.7. The first-order valence-corrected chi connectivity index (χ1v) is 6.63. The Morgan fingerprint density at radius 3 is 2.38 bits per heavy atom. The summed E-state index contributed by atoms with van der Waals surface area (Å²) < 4.78 is 0. The molecule has 1 aliphatic heterocycles. The molecule has 2 unspecified atom stereocenters. The van der Waals surface area contributed by atoms with Crippen LogP contribution >= 0.6 is 0 Å². The Balaban J connectivity index is 2.38. The smallest absolute Gasteiger partial charge is 0.0221 e. The monoisotopic (exact) mass is 227 g/mol. The first-order valence-electron chi connectivity index (χ1n) is 6.63. The van der Waals surface area contributed by atoms with Crippen LogP contribution in [-0.4, -0.2) is 62.2 Å². The zero-order valence-corrected chi connectivity index (χ0v) is 11.7. The molecule has 3 nitrogen and oxygen atoms in total. The fourth-order valence-corrected chi connectivity index (χ4v) is 2.28. The lowest BCUT2D eigenvalue weighted by molar-refractivity contribution is 0.174. The average molecular weight is 227 g/mol. The minimum Gasteiger partial charge on any atom is -0.312 e. The van der Waals surface area contributed by atoms with Crippen LogP contribution in [0.4, 0.5) is 0 Å². The molecular formula is C13H29N3. The maximum atomic E-state index is 3.62. The number of rotatable bonds is 6. The summed E-state index contributed by atoms with van der Waals surface area (Å²) in [6, 6.07) is 1.35. The number of hydrogen-bond acceptors (Lipinski definition) is 3. The van der Waals surface area contributed by atoms with E-state index in [-0.39, 0.29) is 0 Å². The van der Waals surface area contributed by atoms with Gasteiger partial charge in [-0.05, 0) is 46.8 Å². The van der Waals surface area contributed by atoms with E-state index >= 15 is 0 Å². The summed E-state index contributed by atoms with van der Waals surface area (Å²) in [5.41, 5.74) is 0. The maximum absolute atomic E-state index is 3.62. The highest BCUT2D eigenvalue weighted by Crippen LogP contribution is 2.16. The molecule has 0 saturated carbocycles. The molecule has 3 heteroatoms. The van der Waals surface area contributed by atoms with E-state index < -0.39 is 0 Å². The lowest BCUT2D eigenvalue weighted by atomic mass is 10.0. The predicted molar refractivity (Wildman–Crippen MR) is 70.8 cm³/mol. The van der Waals surface area contributed by atoms with Crippen LogP contribution in [-0.2, 0) is 0 Å². The SMILES string of the molecule is CC1CCNC1CN(CCN(C)C)C(C)C. The van der Waals surface area contributed by atoms with Crippen molar-refractivity contribution in [3.05, 3.63) is 0 Å². The standard InChI is InChI=1S/C13H29N3/c1-11(2)16(9-8-15(4)5)10-13-12(3)6-7-14-13/h11-14H,6-10H2,1-5H3. The minimum absolute atomic E-state index is 0.648. The molecule has 0 amide bonds. The minimum atomic E-state index is 0.648. The Hall–Kier alpha value is -0.120. The van der Waals surface area contributed by atoms with Crippen molar-refractivity contribution in [1.29, 1.82) is 0 Å². The Morgan fingerprint density at radius 2 is 1.94 bits per heavy atom. The molecule has 16 heavy (non-hydrogen) atoms. The van der Waals surface area contributed by atoms with Crippen LogP contribution in [0.5, 0.6) is 0 Å². The van der Waals surface area contributed by atoms with Crippen molar-refractivity contribution in [2.24, 2.45) is 5.92 Å². The van der Waals surface area contributed by atoms with E-state index in [1.807, 2.05) is 0 Å². The Labute approximate surface area is 101 Å². The molecule has 0 aromatic heterocycles. The van der Waals surface area contributed by atoms with E-state index in [9.17, 15) is 0 Å². The summed E-state index contributed by atoms with van der Waals surface area (Å²) in [6.07, 6.45) is 1.34. The van der Waals surface area contributed by atoms with Gasteiger partial charge in [0.15, 0.2) is 0 Å². The van der Waals surface area contributed by atoms with E-state index in [2.05, 4.69) is 50.0 Å². The van der Waals surface area contributed by atoms with Gasteiger partial charge in [0, 0.05) is 31.7 Å². The predicted octanol–water partition coefficient (Wildman–Crippen LogP) is 1.26. The number of nitrogens with one attached hydrogen (secondary N) is 1. The van der Waals surface area contributed by atoms with Crippen LogP contribution < -0.4 is 5.32 Å². The summed E-state index contributed by atoms with van der Waals surface area (Å²) in [5, 5.41) is 3.62. The van der Waals surface area contributed by atoms with Crippen LogP contribution in [0, 0.1) is 5.92 Å². The Bertz CT molecular complexity index is 192. The largest absolute Gasteiger partial charge is 0.312 e. The van der Waals surface area contributed by atoms with Crippen molar-refractivity contribution >= 4 is 0 Å². The summed E-state index contributed by atoms with van der Waals surface area (Å²) >= 11 is 0. The molecule has 2 atom stereocenters. The molecule has 1 N–H and O–H groups in total. The van der Waals surface area contributed by atoms with E-state index in [1.165, 1.54) is 26.1 Å². The van der Waals surface area contributed by atoms with Gasteiger partial charge in [-0.15, -0.1) is 0 Å². The van der Waals surface area contributed by atoms with Gasteiger partial charge in [0.1, 0.15) is 0 Å². The van der Waals surface area contributed by atoms with Crippen molar-refractivity contribution in [3.8, 4) is 0 Å². The third-order valence-electron chi connectivity index (χ3n) is 3.69. The molecule has 0 bridgehead atoms. The van der Waals surface area contributed by atoms with E-state index in [4.69, 9.17) is 0 Å². The third-order valence-corrected chi connectivity index (χ3v) is 3.69. The molecule has 0 aliphatic carbocycles. The molecule has 0 aromatic carbocycles. The molecule has 96 valence electrons. The summed E-state index contributed by atoms with van der Waals surface area (Å²) in [5.74, 6) is 0.834. The molecule has 1 heterocycles. The third kappa shape index (κ3) is 4.40. The van der Waals surface area contributed by atoms with Crippen molar-refractivity contribution in [3.63, 3.8) is 0 Å². The van der Waals surface area contributed by atoms with E-state index in [0.717, 1.165) is 12.5 Å². The molecule has 0 radical (unpaired) electrons. The van der Waals surface area contributed by atoms with Gasteiger partial charge in [0.05, 0.1) is 0 Å². The molecule has 1 saturated heterocycles. The highest BCUT2D eigenvalue weighted by Gasteiger charge is 2.25. The molecule has 1 fully saturated rings. The topological polar surface area (TPSA) is 18.5 Å². The van der Waals surface area contributed by atoms with Crippen LogP contribution in [0.15, 0.2) is 0 Å². The highest BCUT2D eigenvalue weighted by molar-refractivity contribution is 4.84. The van der Waals surface area contributed by atoms with Crippen molar-refractivity contribution in [2.75, 3.05) is 40.3 Å². The lowest BCUT2D eigenvalue weighted by Gasteiger charge is -2.31. The second kappa shape index (κ2) is 6.58. The maximum Gasteiger partial charge on any atom is 0.0221 e. The van der Waals surface area contributed by atoms with Gasteiger partial charge in [-0.25, -0.2) is 0 Å². The zero-order valence-electron chi connectivity index (χ0n) is 11.7. The fourth-order valence-electron chi connectivity index (χ4n) is 2.28. The van der Waals surface area contributed by atoms with Crippen LogP contribution in [0.3, 0.4) is 0 Å². The van der Waals surface area contributed by atoms with E-state index in [1.54, 1.807) is 0 Å². The second-order valence-electron chi connectivity index (χ2n) is 5.72. The summed E-state index contributed by atoms with van der Waals surface area (Å²) in [4.78, 5) is 4.86. The highest BCUT2D eigenvalue weighted by atomic mass is 15.2. The summed E-state index contributed by atoms with van der Waals surface area (Å²) in [7, 11) is 4.30. The fraction of sp³-hybridized carbons (Fsp3) is 1.00. The molecule has 0 spiro atoms. The van der Waals surface area contributed by atoms with Crippen LogP contribution in [0.25, 0.3) is 0 Å². The van der Waals surface area contributed by atoms with Gasteiger partial charge in [0.25, 0.3) is 0 Å². The van der Waals surface area contributed by atoms with Crippen molar-refractivity contribution < 1.29 is 0 Å². The molecule has 1 rings (SSSR count). The quantitative estimate of drug-likeness (QED) is 0.737. The van der Waals surface area contributed by atoms with Crippen molar-refractivity contribution in [1.82, 2.24) is 15.1 Å². The Morgan fingerprint density at radius 1 is 1.25 bits per heavy atom. The van der Waals surface area contributed by atoms with Crippen LogP contribution in [0.1, 0.15) is 27.2 Å². The number of likely N-dealkylation sites (N-methyl/N-ethyl adjacent to an activating group) is 1. The first-order chi connectivity index (χ1) is 7.50. The van der Waals surface area contributed by atoms with Gasteiger partial charge in [-0.3, -0.25) is 4.90 Å². The van der Waals surface area contributed by atoms with Gasteiger partial charge in [0.2, 0.25) is 0 Å². The zero-order chi connectivity index (χ0) is 12.1. The van der Waals surface area contributed by atoms with Gasteiger partial charge in [-0.1, -0.05) is 6.92 Å². The molecule has 0 aromatic rings.